The fraction of sp³-hybridized carbons (Fsp3) is 0.207. The van der Waals surface area contributed by atoms with Crippen LogP contribution in [0.4, 0.5) is 5.69 Å². The largest absolute Gasteiger partial charge is 0.493 e. The Labute approximate surface area is 226 Å². The molecule has 1 fully saturated rings. The number of methoxy groups -OCH3 is 1. The van der Waals surface area contributed by atoms with Crippen LogP contribution in [0.1, 0.15) is 35.2 Å². The Hall–Kier alpha value is -3.62. The minimum absolute atomic E-state index is 0.131. The molecule has 0 spiro atoms. The molecule has 1 aliphatic rings. The minimum Gasteiger partial charge on any atom is -0.493 e. The molecule has 8 heteroatoms. The number of carbonyl (C=O) groups excluding carboxylic acids is 2. The van der Waals surface area contributed by atoms with Crippen molar-refractivity contribution in [3.05, 3.63) is 93.9 Å². The van der Waals surface area contributed by atoms with E-state index in [2.05, 4.69) is 5.32 Å². The maximum atomic E-state index is 13.2. The summed E-state index contributed by atoms with van der Waals surface area (Å²) in [5.74, 6) is 0.493. The fourth-order valence-electron chi connectivity index (χ4n) is 3.94. The van der Waals surface area contributed by atoms with Crippen molar-refractivity contribution in [3.8, 4) is 11.5 Å². The van der Waals surface area contributed by atoms with Crippen LogP contribution in [0.25, 0.3) is 6.08 Å². The predicted octanol–water partition coefficient (Wildman–Crippen LogP) is 6.29. The van der Waals surface area contributed by atoms with Crippen molar-refractivity contribution in [3.63, 3.8) is 0 Å². The number of nitrogens with zero attached hydrogens (tertiary/aromatic N) is 1. The summed E-state index contributed by atoms with van der Waals surface area (Å²) in [6.07, 6.45) is 1.79. The highest BCUT2D eigenvalue weighted by atomic mass is 32.2. The number of hydrogen-bond acceptors (Lipinski definition) is 6. The Morgan fingerprint density at radius 3 is 2.57 bits per heavy atom. The number of benzene rings is 3. The molecule has 3 aromatic rings. The number of thioether (sulfide) groups is 1. The molecule has 0 unspecified atom stereocenters. The maximum Gasteiger partial charge on any atom is 0.266 e. The van der Waals surface area contributed by atoms with Crippen LogP contribution in [0.5, 0.6) is 11.5 Å². The van der Waals surface area contributed by atoms with Crippen LogP contribution in [-0.2, 0) is 9.59 Å². The second kappa shape index (κ2) is 11.6. The van der Waals surface area contributed by atoms with Gasteiger partial charge >= 0.3 is 0 Å². The van der Waals surface area contributed by atoms with Crippen LogP contribution in [0.15, 0.2) is 71.6 Å². The smallest absolute Gasteiger partial charge is 0.266 e. The lowest BCUT2D eigenvalue weighted by atomic mass is 10.1. The maximum absolute atomic E-state index is 13.2. The van der Waals surface area contributed by atoms with Crippen molar-refractivity contribution < 1.29 is 19.1 Å². The van der Waals surface area contributed by atoms with E-state index in [1.165, 1.54) is 18.9 Å². The first-order valence-electron chi connectivity index (χ1n) is 11.8. The lowest BCUT2D eigenvalue weighted by Crippen LogP contribution is -2.30. The summed E-state index contributed by atoms with van der Waals surface area (Å²) in [6.45, 7) is 5.71. The summed E-state index contributed by atoms with van der Waals surface area (Å²) in [4.78, 5) is 27.8. The molecule has 0 aromatic heterocycles. The second-order valence-corrected chi connectivity index (χ2v) is 10.4. The number of rotatable bonds is 8. The molecule has 1 aliphatic heterocycles. The van der Waals surface area contributed by atoms with Gasteiger partial charge in [-0.25, -0.2) is 0 Å². The molecule has 0 saturated carbocycles. The van der Waals surface area contributed by atoms with Crippen molar-refractivity contribution in [1.82, 2.24) is 4.90 Å². The molecule has 0 bridgehead atoms. The van der Waals surface area contributed by atoms with Crippen LogP contribution in [0.2, 0.25) is 0 Å². The Morgan fingerprint density at radius 1 is 1.08 bits per heavy atom. The normalized spacial score (nSPS) is 15.1. The molecule has 190 valence electrons. The molecular formula is C29H28N2O4S2. The van der Waals surface area contributed by atoms with Gasteiger partial charge in [0.25, 0.3) is 11.8 Å². The zero-order chi connectivity index (χ0) is 26.5. The van der Waals surface area contributed by atoms with Gasteiger partial charge in [0.1, 0.15) is 4.32 Å². The van der Waals surface area contributed by atoms with Gasteiger partial charge in [0.2, 0.25) is 0 Å². The second-order valence-electron chi connectivity index (χ2n) is 8.70. The van der Waals surface area contributed by atoms with Crippen LogP contribution in [0.3, 0.4) is 0 Å². The predicted molar refractivity (Wildman–Crippen MR) is 153 cm³/mol. The summed E-state index contributed by atoms with van der Waals surface area (Å²) in [6, 6.07) is 20.8. The van der Waals surface area contributed by atoms with E-state index >= 15 is 0 Å². The van der Waals surface area contributed by atoms with Gasteiger partial charge < -0.3 is 14.8 Å². The molecule has 37 heavy (non-hydrogen) atoms. The number of anilines is 1. The minimum atomic E-state index is -0.268. The van der Waals surface area contributed by atoms with E-state index in [0.29, 0.717) is 20.7 Å². The summed E-state index contributed by atoms with van der Waals surface area (Å²) in [7, 11) is 1.53. The average Bonchev–Trinajstić information content (AvgIpc) is 3.17. The number of ether oxygens (including phenoxy) is 2. The summed E-state index contributed by atoms with van der Waals surface area (Å²) in [5.41, 5.74) is 4.58. The first-order chi connectivity index (χ1) is 17.8. The van der Waals surface area contributed by atoms with Gasteiger partial charge in [-0.1, -0.05) is 72.5 Å². The number of aryl methyl sites for hydroxylation is 2. The van der Waals surface area contributed by atoms with E-state index in [1.807, 2.05) is 75.4 Å². The fourth-order valence-corrected chi connectivity index (χ4v) is 5.36. The zero-order valence-corrected chi connectivity index (χ0v) is 22.7. The molecule has 6 nitrogen and oxygen atoms in total. The topological polar surface area (TPSA) is 67.9 Å². The van der Waals surface area contributed by atoms with Crippen LogP contribution >= 0.6 is 24.0 Å². The standard InChI is InChI=1S/C29H28N2O4S2/c1-18-10-11-19(2)23(14-18)30-27(32)17-35-24-13-12-21(15-25(24)34-4)16-26-28(33)31(29(36)37-26)20(3)22-8-6-5-7-9-22/h5-16,20H,17H2,1-4H3,(H,30,32)/b26-16-/t20-/m0/s1. The average molecular weight is 533 g/mol. The van der Waals surface area contributed by atoms with Gasteiger partial charge in [-0.05, 0) is 67.3 Å². The third-order valence-electron chi connectivity index (χ3n) is 6.00. The number of nitrogens with one attached hydrogen (secondary N) is 1. The molecule has 4 rings (SSSR count). The molecule has 1 N–H and O–H groups in total. The summed E-state index contributed by atoms with van der Waals surface area (Å²) >= 11 is 6.80. The highest BCUT2D eigenvalue weighted by Gasteiger charge is 2.35. The first kappa shape index (κ1) is 26.4. The summed E-state index contributed by atoms with van der Waals surface area (Å²) < 4.78 is 11.7. The third-order valence-corrected chi connectivity index (χ3v) is 7.33. The Bertz CT molecular complexity index is 1370. The summed E-state index contributed by atoms with van der Waals surface area (Å²) in [5, 5.41) is 2.88. The van der Waals surface area contributed by atoms with Gasteiger partial charge in [0.05, 0.1) is 18.1 Å². The quantitative estimate of drug-likeness (QED) is 0.272. The SMILES string of the molecule is COc1cc(/C=C2\SC(=S)N([C@@H](C)c3ccccc3)C2=O)ccc1OCC(=O)Nc1cc(C)ccc1C. The first-order valence-corrected chi connectivity index (χ1v) is 13.0. The monoisotopic (exact) mass is 532 g/mol. The molecule has 0 aliphatic carbocycles. The van der Waals surface area contributed by atoms with Crippen LogP contribution < -0.4 is 14.8 Å². The molecule has 3 aromatic carbocycles. The van der Waals surface area contributed by atoms with Crippen LogP contribution in [-0.4, -0.2) is 34.8 Å². The zero-order valence-electron chi connectivity index (χ0n) is 21.1. The van der Waals surface area contributed by atoms with E-state index in [1.54, 1.807) is 23.1 Å². The van der Waals surface area contributed by atoms with Gasteiger partial charge in [-0.2, -0.15) is 0 Å². The highest BCUT2D eigenvalue weighted by Crippen LogP contribution is 2.39. The number of amides is 2. The number of carbonyl (C=O) groups is 2. The molecule has 1 saturated heterocycles. The lowest BCUT2D eigenvalue weighted by molar-refractivity contribution is -0.123. The van der Waals surface area contributed by atoms with Crippen molar-refractivity contribution in [2.75, 3.05) is 19.0 Å². The van der Waals surface area contributed by atoms with Gasteiger partial charge in [0, 0.05) is 5.69 Å². The Morgan fingerprint density at radius 2 is 1.84 bits per heavy atom. The number of thiocarbonyl (C=S) groups is 1. The van der Waals surface area contributed by atoms with Gasteiger partial charge in [-0.15, -0.1) is 0 Å². The van der Waals surface area contributed by atoms with Crippen molar-refractivity contribution in [2.24, 2.45) is 0 Å². The third kappa shape index (κ3) is 6.21. The van der Waals surface area contributed by atoms with E-state index in [9.17, 15) is 9.59 Å². The Kier molecular flexibility index (Phi) is 8.31. The van der Waals surface area contributed by atoms with Crippen molar-refractivity contribution in [1.29, 1.82) is 0 Å². The van der Waals surface area contributed by atoms with Gasteiger partial charge in [-0.3, -0.25) is 14.5 Å². The van der Waals surface area contributed by atoms with E-state index < -0.39 is 0 Å². The highest BCUT2D eigenvalue weighted by molar-refractivity contribution is 8.26. The Balaban J connectivity index is 1.44. The molecule has 1 atom stereocenters. The van der Waals surface area contributed by atoms with Crippen LogP contribution in [0, 0.1) is 13.8 Å². The van der Waals surface area contributed by atoms with Gasteiger partial charge in [0.15, 0.2) is 18.1 Å². The van der Waals surface area contributed by atoms with Crippen molar-refractivity contribution in [2.45, 2.75) is 26.8 Å². The lowest BCUT2D eigenvalue weighted by Gasteiger charge is -2.23. The number of hydrogen-bond donors (Lipinski definition) is 1. The molecule has 1 heterocycles. The van der Waals surface area contributed by atoms with E-state index in [-0.39, 0.29) is 24.5 Å². The van der Waals surface area contributed by atoms with E-state index in [4.69, 9.17) is 21.7 Å². The van der Waals surface area contributed by atoms with E-state index in [0.717, 1.165) is 27.9 Å². The molecular weight excluding hydrogens is 504 g/mol. The molecule has 0 radical (unpaired) electrons. The van der Waals surface area contributed by atoms with Crippen molar-refractivity contribution >= 4 is 51.9 Å². The molecule has 2 amide bonds.